The van der Waals surface area contributed by atoms with Crippen LogP contribution in [0.25, 0.3) is 0 Å². The lowest BCUT2D eigenvalue weighted by atomic mass is 10.1. The molecule has 4 heteroatoms. The summed E-state index contributed by atoms with van der Waals surface area (Å²) in [5.74, 6) is 0.741. The van der Waals surface area contributed by atoms with E-state index in [9.17, 15) is 4.79 Å². The fourth-order valence-electron chi connectivity index (χ4n) is 2.66. The van der Waals surface area contributed by atoms with Crippen LogP contribution in [0.5, 0.6) is 0 Å². The van der Waals surface area contributed by atoms with Crippen LogP contribution in [0.15, 0.2) is 6.07 Å². The summed E-state index contributed by atoms with van der Waals surface area (Å²) in [6, 6.07) is 2.12. The standard InChI is InChI=1S/C16H24BrNOS/c1-11(2)8-13(17)10-18-16(19)15-9-12-6-4-3-5-7-14(12)20-15/h9,11,13H,3-8,10H2,1-2H3,(H,18,19). The molecule has 0 saturated heterocycles. The van der Waals surface area contributed by atoms with Gasteiger partial charge in [0.2, 0.25) is 0 Å². The Bertz CT molecular complexity index is 432. The van der Waals surface area contributed by atoms with Gasteiger partial charge < -0.3 is 5.32 Å². The van der Waals surface area contributed by atoms with E-state index in [4.69, 9.17) is 0 Å². The highest BCUT2D eigenvalue weighted by Gasteiger charge is 2.17. The summed E-state index contributed by atoms with van der Waals surface area (Å²) in [6.45, 7) is 5.11. The number of aryl methyl sites for hydroxylation is 2. The van der Waals surface area contributed by atoms with Gasteiger partial charge in [0.25, 0.3) is 5.91 Å². The molecule has 2 rings (SSSR count). The Kier molecular flexibility index (Phi) is 6.09. The number of carbonyl (C=O) groups is 1. The average Bonchev–Trinajstić information content (AvgIpc) is 2.67. The third-order valence-corrected chi connectivity index (χ3v) is 5.62. The van der Waals surface area contributed by atoms with Gasteiger partial charge in [-0.3, -0.25) is 4.79 Å². The molecule has 0 spiro atoms. The van der Waals surface area contributed by atoms with Crippen LogP contribution < -0.4 is 5.32 Å². The van der Waals surface area contributed by atoms with Gasteiger partial charge in [-0.05, 0) is 49.7 Å². The summed E-state index contributed by atoms with van der Waals surface area (Å²) in [5.41, 5.74) is 1.41. The number of hydrogen-bond donors (Lipinski definition) is 1. The summed E-state index contributed by atoms with van der Waals surface area (Å²) in [6.07, 6.45) is 7.24. The van der Waals surface area contributed by atoms with Crippen molar-refractivity contribution in [2.75, 3.05) is 6.54 Å². The molecule has 0 bridgehead atoms. The number of rotatable bonds is 5. The Morgan fingerprint density at radius 2 is 2.10 bits per heavy atom. The molecule has 1 heterocycles. The van der Waals surface area contributed by atoms with Crippen LogP contribution in [0.2, 0.25) is 0 Å². The third kappa shape index (κ3) is 4.59. The minimum absolute atomic E-state index is 0.0938. The van der Waals surface area contributed by atoms with E-state index in [1.807, 2.05) is 0 Å². The summed E-state index contributed by atoms with van der Waals surface area (Å²) in [4.78, 5) is 14.9. The zero-order valence-electron chi connectivity index (χ0n) is 12.4. The van der Waals surface area contributed by atoms with Crippen molar-refractivity contribution in [1.29, 1.82) is 0 Å². The molecule has 0 fully saturated rings. The Balaban J connectivity index is 1.89. The second-order valence-corrected chi connectivity index (χ2v) is 8.49. The van der Waals surface area contributed by atoms with Crippen molar-refractivity contribution in [3.05, 3.63) is 21.4 Å². The SMILES string of the molecule is CC(C)CC(Br)CNC(=O)c1cc2c(s1)CCCCC2. The summed E-state index contributed by atoms with van der Waals surface area (Å²) < 4.78 is 0. The number of hydrogen-bond acceptors (Lipinski definition) is 2. The molecule has 112 valence electrons. The number of carbonyl (C=O) groups excluding carboxylic acids is 1. The van der Waals surface area contributed by atoms with Crippen LogP contribution in [0.3, 0.4) is 0 Å². The first-order valence-corrected chi connectivity index (χ1v) is 9.33. The molecule has 1 aliphatic rings. The molecule has 0 radical (unpaired) electrons. The van der Waals surface area contributed by atoms with Gasteiger partial charge in [0, 0.05) is 16.2 Å². The van der Waals surface area contributed by atoms with E-state index in [1.54, 1.807) is 11.3 Å². The van der Waals surface area contributed by atoms with E-state index >= 15 is 0 Å². The monoisotopic (exact) mass is 357 g/mol. The van der Waals surface area contributed by atoms with E-state index in [-0.39, 0.29) is 5.91 Å². The number of fused-ring (bicyclic) bond motifs is 1. The number of nitrogens with one attached hydrogen (secondary N) is 1. The zero-order chi connectivity index (χ0) is 14.5. The summed E-state index contributed by atoms with van der Waals surface area (Å²) in [5, 5.41) is 3.05. The third-order valence-electron chi connectivity index (χ3n) is 3.68. The first-order valence-electron chi connectivity index (χ1n) is 7.60. The van der Waals surface area contributed by atoms with E-state index in [0.717, 1.165) is 24.1 Å². The van der Waals surface area contributed by atoms with Gasteiger partial charge in [0.1, 0.15) is 0 Å². The van der Waals surface area contributed by atoms with E-state index in [1.165, 1.54) is 29.7 Å². The predicted molar refractivity (Wildman–Crippen MR) is 90.1 cm³/mol. The average molecular weight is 358 g/mol. The molecule has 1 aromatic rings. The Hall–Kier alpha value is -0.350. The first-order chi connectivity index (χ1) is 9.56. The molecule has 20 heavy (non-hydrogen) atoms. The molecular weight excluding hydrogens is 334 g/mol. The lowest BCUT2D eigenvalue weighted by molar-refractivity contribution is 0.0957. The van der Waals surface area contributed by atoms with Gasteiger partial charge in [0.05, 0.1) is 4.88 Å². The number of alkyl halides is 1. The minimum Gasteiger partial charge on any atom is -0.350 e. The topological polar surface area (TPSA) is 29.1 Å². The number of thiophene rings is 1. The quantitative estimate of drug-likeness (QED) is 0.607. The molecule has 0 aromatic carbocycles. The van der Waals surface area contributed by atoms with Crippen LogP contribution in [0.1, 0.15) is 59.6 Å². The summed E-state index contributed by atoms with van der Waals surface area (Å²) in [7, 11) is 0. The fraction of sp³-hybridized carbons (Fsp3) is 0.688. The van der Waals surface area contributed by atoms with Crippen molar-refractivity contribution >= 4 is 33.2 Å². The fourth-order valence-corrected chi connectivity index (χ4v) is 4.74. The molecule has 1 amide bonds. The molecule has 0 aliphatic heterocycles. The van der Waals surface area contributed by atoms with Gasteiger partial charge >= 0.3 is 0 Å². The van der Waals surface area contributed by atoms with Crippen LogP contribution in [-0.2, 0) is 12.8 Å². The largest absolute Gasteiger partial charge is 0.350 e. The predicted octanol–water partition coefficient (Wildman–Crippen LogP) is 4.56. The highest BCUT2D eigenvalue weighted by atomic mass is 79.9. The maximum atomic E-state index is 12.2. The van der Waals surface area contributed by atoms with Crippen LogP contribution in [0.4, 0.5) is 0 Å². The molecule has 1 aromatic heterocycles. The van der Waals surface area contributed by atoms with E-state index in [2.05, 4.69) is 41.2 Å². The Morgan fingerprint density at radius 3 is 2.85 bits per heavy atom. The second kappa shape index (κ2) is 7.60. The molecule has 0 saturated carbocycles. The van der Waals surface area contributed by atoms with Gasteiger partial charge in [-0.1, -0.05) is 36.2 Å². The van der Waals surface area contributed by atoms with Gasteiger partial charge in [-0.15, -0.1) is 11.3 Å². The molecule has 1 N–H and O–H groups in total. The van der Waals surface area contributed by atoms with E-state index in [0.29, 0.717) is 17.3 Å². The van der Waals surface area contributed by atoms with Gasteiger partial charge in [-0.25, -0.2) is 0 Å². The zero-order valence-corrected chi connectivity index (χ0v) is 14.8. The number of halogens is 1. The smallest absolute Gasteiger partial charge is 0.261 e. The summed E-state index contributed by atoms with van der Waals surface area (Å²) >= 11 is 5.33. The van der Waals surface area contributed by atoms with Crippen molar-refractivity contribution in [2.24, 2.45) is 5.92 Å². The molecule has 1 aliphatic carbocycles. The van der Waals surface area contributed by atoms with Crippen molar-refractivity contribution in [1.82, 2.24) is 5.32 Å². The lowest BCUT2D eigenvalue weighted by Crippen LogP contribution is -2.29. The highest BCUT2D eigenvalue weighted by Crippen LogP contribution is 2.28. The molecule has 2 nitrogen and oxygen atoms in total. The highest BCUT2D eigenvalue weighted by molar-refractivity contribution is 9.09. The Morgan fingerprint density at radius 1 is 1.35 bits per heavy atom. The van der Waals surface area contributed by atoms with Crippen LogP contribution in [0, 0.1) is 5.92 Å². The Labute approximate surface area is 134 Å². The number of amides is 1. The molecular formula is C16H24BrNOS. The van der Waals surface area contributed by atoms with Crippen molar-refractivity contribution in [3.63, 3.8) is 0 Å². The molecule has 1 atom stereocenters. The maximum Gasteiger partial charge on any atom is 0.261 e. The van der Waals surface area contributed by atoms with E-state index < -0.39 is 0 Å². The minimum atomic E-state index is 0.0938. The second-order valence-electron chi connectivity index (χ2n) is 6.06. The van der Waals surface area contributed by atoms with Gasteiger partial charge in [-0.2, -0.15) is 0 Å². The van der Waals surface area contributed by atoms with Crippen molar-refractivity contribution in [3.8, 4) is 0 Å². The van der Waals surface area contributed by atoms with Gasteiger partial charge in [0.15, 0.2) is 0 Å². The lowest BCUT2D eigenvalue weighted by Gasteiger charge is -2.12. The van der Waals surface area contributed by atoms with Crippen molar-refractivity contribution in [2.45, 2.75) is 57.2 Å². The first kappa shape index (κ1) is 16.0. The van der Waals surface area contributed by atoms with Crippen molar-refractivity contribution < 1.29 is 4.79 Å². The van der Waals surface area contributed by atoms with Crippen LogP contribution in [-0.4, -0.2) is 17.3 Å². The van der Waals surface area contributed by atoms with Crippen LogP contribution >= 0.6 is 27.3 Å². The normalized spacial score (nSPS) is 16.6. The molecule has 1 unspecified atom stereocenters. The maximum absolute atomic E-state index is 12.2.